The van der Waals surface area contributed by atoms with E-state index in [0.29, 0.717) is 0 Å². The minimum absolute atomic E-state index is 0.881. The lowest BCUT2D eigenvalue weighted by Gasteiger charge is -2.30. The van der Waals surface area contributed by atoms with Gasteiger partial charge in [-0.05, 0) is 94.2 Å². The van der Waals surface area contributed by atoms with Gasteiger partial charge in [-0.2, -0.15) is 0 Å². The number of rotatable bonds is 7. The number of fused-ring (bicyclic) bond motifs is 10. The number of furan rings is 1. The van der Waals surface area contributed by atoms with Crippen LogP contribution in [0.3, 0.4) is 0 Å². The molecule has 11 aromatic carbocycles. The van der Waals surface area contributed by atoms with Crippen molar-refractivity contribution in [2.24, 2.45) is 0 Å². The molecule has 3 aromatic heterocycles. The molecule has 14 aromatic rings. The normalized spacial score (nSPS) is 11.8. The van der Waals surface area contributed by atoms with Gasteiger partial charge in [0.1, 0.15) is 11.2 Å². The zero-order valence-electron chi connectivity index (χ0n) is 36.8. The smallest absolute Gasteiger partial charge is 0.143 e. The Hall–Kier alpha value is -8.70. The van der Waals surface area contributed by atoms with E-state index in [9.17, 15) is 0 Å². The van der Waals surface area contributed by atoms with Gasteiger partial charge in [-0.1, -0.05) is 176 Å². The van der Waals surface area contributed by atoms with Gasteiger partial charge in [0.15, 0.2) is 0 Å². The standard InChI is InChI=1S/C64H40N2OS/c1-2-16-43-39-44(32-31-41(43)15-1)42-33-35-46(36-34-42)65(58-28-10-5-21-50(58)53-24-14-25-54-51-22-6-11-29-60(51)67-63(53)54)59-38-37-55-52-23-7-12-30-61(52)68-64(55)62(59)45-17-13-18-47(40-45)66-56-26-8-3-19-48(56)49-20-4-9-27-57(49)66/h1-40H. The Kier molecular flexibility index (Phi) is 8.76. The molecule has 4 heteroatoms. The summed E-state index contributed by atoms with van der Waals surface area (Å²) in [5, 5.41) is 9.69. The molecule has 318 valence electrons. The summed E-state index contributed by atoms with van der Waals surface area (Å²) in [5.74, 6) is 0. The van der Waals surface area contributed by atoms with E-state index in [1.807, 2.05) is 17.4 Å². The topological polar surface area (TPSA) is 21.3 Å². The predicted octanol–water partition coefficient (Wildman–Crippen LogP) is 18.7. The first-order valence-electron chi connectivity index (χ1n) is 23.2. The molecule has 0 N–H and O–H groups in total. The van der Waals surface area contributed by atoms with Crippen LogP contribution in [0, 0.1) is 0 Å². The number of benzene rings is 11. The van der Waals surface area contributed by atoms with Crippen LogP contribution in [0.4, 0.5) is 17.1 Å². The number of hydrogen-bond acceptors (Lipinski definition) is 3. The summed E-state index contributed by atoms with van der Waals surface area (Å²) < 4.78 is 11.7. The van der Waals surface area contributed by atoms with Crippen molar-refractivity contribution in [3.8, 4) is 39.1 Å². The van der Waals surface area contributed by atoms with Crippen LogP contribution in [0.1, 0.15) is 0 Å². The molecule has 0 unspecified atom stereocenters. The first-order chi connectivity index (χ1) is 33.7. The fourth-order valence-corrected chi connectivity index (χ4v) is 11.9. The molecule has 68 heavy (non-hydrogen) atoms. The summed E-state index contributed by atoms with van der Waals surface area (Å²) in [6.07, 6.45) is 0. The maximum absolute atomic E-state index is 6.75. The van der Waals surface area contributed by atoms with Gasteiger partial charge in [0, 0.05) is 69.8 Å². The van der Waals surface area contributed by atoms with Gasteiger partial charge < -0.3 is 13.9 Å². The SMILES string of the molecule is c1cc(-c2c(N(c3ccc(-c4ccc5ccccc5c4)cc3)c3ccccc3-c3cccc4c3oc3ccccc34)ccc3c2sc2ccccc23)cc(-n2c3ccccc3c3ccccc32)c1. The molecule has 0 radical (unpaired) electrons. The molecule has 0 bridgehead atoms. The third-order valence-electron chi connectivity index (χ3n) is 13.8. The Balaban J connectivity index is 1.04. The van der Waals surface area contributed by atoms with Crippen molar-refractivity contribution in [1.29, 1.82) is 0 Å². The molecule has 0 amide bonds. The number of aromatic nitrogens is 1. The highest BCUT2D eigenvalue weighted by Crippen LogP contribution is 2.51. The minimum atomic E-state index is 0.881. The second-order valence-electron chi connectivity index (χ2n) is 17.6. The van der Waals surface area contributed by atoms with E-state index in [1.54, 1.807) is 0 Å². The van der Waals surface area contributed by atoms with Crippen molar-refractivity contribution in [2.75, 3.05) is 4.90 Å². The molecule has 0 saturated heterocycles. The van der Waals surface area contributed by atoms with E-state index in [-0.39, 0.29) is 0 Å². The van der Waals surface area contributed by atoms with Gasteiger partial charge in [0.2, 0.25) is 0 Å². The fraction of sp³-hybridized carbons (Fsp3) is 0. The highest BCUT2D eigenvalue weighted by atomic mass is 32.1. The van der Waals surface area contributed by atoms with E-state index in [1.165, 1.54) is 69.4 Å². The van der Waals surface area contributed by atoms with Crippen LogP contribution in [0.25, 0.3) is 114 Å². The van der Waals surface area contributed by atoms with Gasteiger partial charge >= 0.3 is 0 Å². The Bertz CT molecular complexity index is 4230. The van der Waals surface area contributed by atoms with Crippen molar-refractivity contribution in [3.63, 3.8) is 0 Å². The number of hydrogen-bond donors (Lipinski definition) is 0. The summed E-state index contributed by atoms with van der Waals surface area (Å²) in [7, 11) is 0. The van der Waals surface area contributed by atoms with Gasteiger partial charge in [-0.3, -0.25) is 0 Å². The van der Waals surface area contributed by atoms with Crippen molar-refractivity contribution in [2.45, 2.75) is 0 Å². The zero-order chi connectivity index (χ0) is 44.7. The molecular weight excluding hydrogens is 845 g/mol. The van der Waals surface area contributed by atoms with Crippen LogP contribution in [0.15, 0.2) is 247 Å². The third kappa shape index (κ3) is 6.05. The lowest BCUT2D eigenvalue weighted by molar-refractivity contribution is 0.670. The van der Waals surface area contributed by atoms with Crippen LogP contribution >= 0.6 is 11.3 Å². The first kappa shape index (κ1) is 38.6. The van der Waals surface area contributed by atoms with Gasteiger partial charge in [-0.25, -0.2) is 0 Å². The van der Waals surface area contributed by atoms with Crippen LogP contribution in [-0.2, 0) is 0 Å². The van der Waals surface area contributed by atoms with E-state index in [4.69, 9.17) is 4.42 Å². The second-order valence-corrected chi connectivity index (χ2v) is 18.6. The van der Waals surface area contributed by atoms with Crippen molar-refractivity contribution in [3.05, 3.63) is 243 Å². The Labute approximate surface area is 396 Å². The quantitative estimate of drug-likeness (QED) is 0.159. The van der Waals surface area contributed by atoms with Gasteiger partial charge in [-0.15, -0.1) is 11.3 Å². The van der Waals surface area contributed by atoms with Crippen LogP contribution in [0.5, 0.6) is 0 Å². The lowest BCUT2D eigenvalue weighted by atomic mass is 9.96. The van der Waals surface area contributed by atoms with E-state index < -0.39 is 0 Å². The van der Waals surface area contributed by atoms with Crippen molar-refractivity contribution >= 4 is 103 Å². The monoisotopic (exact) mass is 884 g/mol. The van der Waals surface area contributed by atoms with Gasteiger partial charge in [0.05, 0.1) is 22.4 Å². The Morgan fingerprint density at radius 2 is 1.03 bits per heavy atom. The molecule has 0 aliphatic carbocycles. The number of thiophene rings is 1. The van der Waals surface area contributed by atoms with Crippen LogP contribution < -0.4 is 4.90 Å². The number of nitrogens with zero attached hydrogens (tertiary/aromatic N) is 2. The molecular formula is C64H40N2OS. The Morgan fingerprint density at radius 3 is 1.87 bits per heavy atom. The third-order valence-corrected chi connectivity index (χ3v) is 15.0. The summed E-state index contributed by atoms with van der Waals surface area (Å²) in [5.41, 5.74) is 15.3. The Morgan fingerprint density at radius 1 is 0.382 bits per heavy atom. The molecule has 14 rings (SSSR count). The lowest BCUT2D eigenvalue weighted by Crippen LogP contribution is -2.12. The summed E-state index contributed by atoms with van der Waals surface area (Å²) in [4.78, 5) is 2.48. The minimum Gasteiger partial charge on any atom is -0.455 e. The molecule has 0 saturated carbocycles. The van der Waals surface area contributed by atoms with Gasteiger partial charge in [0.25, 0.3) is 0 Å². The summed E-state index contributed by atoms with van der Waals surface area (Å²) in [6, 6.07) is 88.3. The molecule has 3 nitrogen and oxygen atoms in total. The number of anilines is 3. The number of para-hydroxylation sites is 5. The fourth-order valence-electron chi connectivity index (χ4n) is 10.7. The largest absolute Gasteiger partial charge is 0.455 e. The van der Waals surface area contributed by atoms with E-state index in [2.05, 4.69) is 246 Å². The zero-order valence-corrected chi connectivity index (χ0v) is 37.6. The first-order valence-corrected chi connectivity index (χ1v) is 24.0. The molecule has 0 atom stereocenters. The highest BCUT2D eigenvalue weighted by Gasteiger charge is 2.26. The maximum atomic E-state index is 6.75. The van der Waals surface area contributed by atoms with Crippen LogP contribution in [-0.4, -0.2) is 4.57 Å². The average Bonchev–Trinajstić information content (AvgIpc) is 4.09. The molecule has 3 heterocycles. The average molecular weight is 885 g/mol. The molecule has 0 spiro atoms. The highest BCUT2D eigenvalue weighted by molar-refractivity contribution is 7.26. The van der Waals surface area contributed by atoms with Crippen LogP contribution in [0.2, 0.25) is 0 Å². The molecule has 0 fully saturated rings. The van der Waals surface area contributed by atoms with Crippen molar-refractivity contribution < 1.29 is 4.42 Å². The molecule has 0 aliphatic rings. The maximum Gasteiger partial charge on any atom is 0.143 e. The summed E-state index contributed by atoms with van der Waals surface area (Å²) >= 11 is 1.87. The van der Waals surface area contributed by atoms with E-state index >= 15 is 0 Å². The summed E-state index contributed by atoms with van der Waals surface area (Å²) in [6.45, 7) is 0. The van der Waals surface area contributed by atoms with E-state index in [0.717, 1.165) is 61.4 Å². The second kappa shape index (κ2) is 15.5. The van der Waals surface area contributed by atoms with Crippen molar-refractivity contribution in [1.82, 2.24) is 4.57 Å². The predicted molar refractivity (Wildman–Crippen MR) is 289 cm³/mol. The molecule has 0 aliphatic heterocycles.